The lowest BCUT2D eigenvalue weighted by molar-refractivity contribution is -0.121. The monoisotopic (exact) mass is 427 g/mol. The fourth-order valence-electron chi connectivity index (χ4n) is 4.50. The first-order chi connectivity index (χ1) is 15.7. The number of carbonyl (C=O) groups excluding carboxylic acids is 1. The third-order valence-electron chi connectivity index (χ3n) is 6.37. The molecule has 0 aliphatic carbocycles. The van der Waals surface area contributed by atoms with Crippen LogP contribution < -0.4 is 15.0 Å². The number of piperazine rings is 1. The third kappa shape index (κ3) is 4.78. The molecule has 32 heavy (non-hydrogen) atoms. The number of fused-ring (bicyclic) bond motifs is 1. The van der Waals surface area contributed by atoms with Gasteiger partial charge in [0.25, 0.3) is 0 Å². The van der Waals surface area contributed by atoms with E-state index in [1.165, 1.54) is 11.3 Å². The fraction of sp³-hybridized carbons (Fsp3) is 0.296. The Bertz CT molecular complexity index is 1040. The lowest BCUT2D eigenvalue weighted by atomic mass is 9.96. The van der Waals surface area contributed by atoms with E-state index in [2.05, 4.69) is 57.6 Å². The van der Waals surface area contributed by atoms with Crippen LogP contribution in [0.3, 0.4) is 0 Å². The number of carbonyl (C=O) groups is 1. The summed E-state index contributed by atoms with van der Waals surface area (Å²) >= 11 is 0. The van der Waals surface area contributed by atoms with Gasteiger partial charge >= 0.3 is 0 Å². The van der Waals surface area contributed by atoms with Crippen molar-refractivity contribution in [2.75, 3.05) is 43.0 Å². The van der Waals surface area contributed by atoms with E-state index in [4.69, 9.17) is 4.74 Å². The maximum atomic E-state index is 12.7. The number of ether oxygens (including phenoxy) is 1. The minimum atomic E-state index is -0.165. The fourth-order valence-corrected chi connectivity index (χ4v) is 4.50. The van der Waals surface area contributed by atoms with E-state index in [1.54, 1.807) is 0 Å². The van der Waals surface area contributed by atoms with Gasteiger partial charge in [-0.3, -0.25) is 9.69 Å². The van der Waals surface area contributed by atoms with Crippen molar-refractivity contribution in [1.29, 1.82) is 0 Å². The van der Waals surface area contributed by atoms with Crippen LogP contribution in [-0.4, -0.2) is 43.6 Å². The molecule has 0 radical (unpaired) electrons. The number of hydrogen-bond acceptors (Lipinski definition) is 4. The molecule has 1 amide bonds. The molecule has 0 unspecified atom stereocenters. The van der Waals surface area contributed by atoms with Crippen LogP contribution in [0.5, 0.6) is 5.75 Å². The number of anilines is 2. The van der Waals surface area contributed by atoms with Gasteiger partial charge in [-0.25, -0.2) is 0 Å². The summed E-state index contributed by atoms with van der Waals surface area (Å²) in [6, 6.07) is 26.8. The predicted octanol–water partition coefficient (Wildman–Crippen LogP) is 4.20. The molecule has 3 aromatic carbocycles. The van der Waals surface area contributed by atoms with Crippen molar-refractivity contribution in [3.05, 3.63) is 90.0 Å². The van der Waals surface area contributed by atoms with Gasteiger partial charge in [0.15, 0.2) is 0 Å². The quantitative estimate of drug-likeness (QED) is 0.663. The Balaban J connectivity index is 1.13. The molecular weight excluding hydrogens is 398 g/mol. The van der Waals surface area contributed by atoms with Crippen molar-refractivity contribution in [2.45, 2.75) is 13.0 Å². The molecule has 2 aliphatic heterocycles. The van der Waals surface area contributed by atoms with Crippen molar-refractivity contribution < 1.29 is 9.53 Å². The number of rotatable bonds is 5. The first-order valence-electron chi connectivity index (χ1n) is 11.4. The zero-order valence-electron chi connectivity index (χ0n) is 18.2. The highest BCUT2D eigenvalue weighted by atomic mass is 16.5. The summed E-state index contributed by atoms with van der Waals surface area (Å²) < 4.78 is 5.77. The van der Waals surface area contributed by atoms with Gasteiger partial charge in [0.05, 0.1) is 5.92 Å². The normalized spacial score (nSPS) is 18.5. The van der Waals surface area contributed by atoms with Crippen LogP contribution in [0, 0.1) is 5.92 Å². The van der Waals surface area contributed by atoms with Crippen LogP contribution in [0.4, 0.5) is 11.4 Å². The predicted molar refractivity (Wildman–Crippen MR) is 128 cm³/mol. The van der Waals surface area contributed by atoms with Crippen LogP contribution >= 0.6 is 0 Å². The van der Waals surface area contributed by atoms with Crippen LogP contribution in [0.15, 0.2) is 78.9 Å². The maximum absolute atomic E-state index is 12.7. The van der Waals surface area contributed by atoms with Crippen molar-refractivity contribution in [2.24, 2.45) is 5.92 Å². The van der Waals surface area contributed by atoms with E-state index in [1.807, 2.05) is 36.4 Å². The Kier molecular flexibility index (Phi) is 6.08. The second kappa shape index (κ2) is 9.45. The van der Waals surface area contributed by atoms with Gasteiger partial charge in [-0.1, -0.05) is 48.5 Å². The molecule has 0 spiro atoms. The molecule has 5 nitrogen and oxygen atoms in total. The van der Waals surface area contributed by atoms with Gasteiger partial charge < -0.3 is 15.0 Å². The van der Waals surface area contributed by atoms with Gasteiger partial charge in [-0.2, -0.15) is 0 Å². The van der Waals surface area contributed by atoms with Crippen LogP contribution in [0.1, 0.15) is 11.1 Å². The molecule has 2 heterocycles. The Morgan fingerprint density at radius 2 is 1.59 bits per heavy atom. The summed E-state index contributed by atoms with van der Waals surface area (Å²) in [6.07, 6.45) is 0.716. The Morgan fingerprint density at radius 3 is 2.38 bits per heavy atom. The number of nitrogens with zero attached hydrogens (tertiary/aromatic N) is 2. The van der Waals surface area contributed by atoms with Gasteiger partial charge in [0.1, 0.15) is 12.4 Å². The molecule has 0 bridgehead atoms. The molecule has 1 atom stereocenters. The molecule has 5 rings (SSSR count). The van der Waals surface area contributed by atoms with E-state index >= 15 is 0 Å². The van der Waals surface area contributed by atoms with E-state index in [0.717, 1.165) is 49.7 Å². The average molecular weight is 428 g/mol. The summed E-state index contributed by atoms with van der Waals surface area (Å²) in [5, 5.41) is 3.06. The van der Waals surface area contributed by atoms with Crippen molar-refractivity contribution in [3.63, 3.8) is 0 Å². The van der Waals surface area contributed by atoms with Crippen molar-refractivity contribution >= 4 is 17.3 Å². The van der Waals surface area contributed by atoms with Gasteiger partial charge in [0, 0.05) is 44.1 Å². The highest BCUT2D eigenvalue weighted by Crippen LogP contribution is 2.28. The van der Waals surface area contributed by atoms with Gasteiger partial charge in [0.2, 0.25) is 5.91 Å². The SMILES string of the molecule is O=C(Nc1ccc(N2CCN(Cc3ccccc3)CC2)cc1)[C@H]1COc2ccccc2C1. The van der Waals surface area contributed by atoms with Crippen molar-refractivity contribution in [3.8, 4) is 5.75 Å². The Morgan fingerprint density at radius 1 is 0.875 bits per heavy atom. The van der Waals surface area contributed by atoms with Gasteiger partial charge in [-0.15, -0.1) is 0 Å². The second-order valence-electron chi connectivity index (χ2n) is 8.60. The summed E-state index contributed by atoms with van der Waals surface area (Å²) in [5.74, 6) is 0.744. The van der Waals surface area contributed by atoms with Crippen LogP contribution in [0.2, 0.25) is 0 Å². The molecule has 1 saturated heterocycles. The molecule has 1 N–H and O–H groups in total. The molecular formula is C27H29N3O2. The molecule has 1 fully saturated rings. The van der Waals surface area contributed by atoms with E-state index < -0.39 is 0 Å². The first kappa shape index (κ1) is 20.6. The molecule has 0 aromatic heterocycles. The summed E-state index contributed by atoms with van der Waals surface area (Å²) in [7, 11) is 0. The Labute approximate surface area is 189 Å². The molecule has 5 heteroatoms. The number of nitrogens with one attached hydrogen (secondary N) is 1. The number of hydrogen-bond donors (Lipinski definition) is 1. The maximum Gasteiger partial charge on any atom is 0.231 e. The summed E-state index contributed by atoms with van der Waals surface area (Å²) in [4.78, 5) is 17.7. The minimum absolute atomic E-state index is 0.0155. The molecule has 164 valence electrons. The first-order valence-corrected chi connectivity index (χ1v) is 11.4. The third-order valence-corrected chi connectivity index (χ3v) is 6.37. The molecule has 0 saturated carbocycles. The Hall–Kier alpha value is -3.31. The highest BCUT2D eigenvalue weighted by molar-refractivity contribution is 5.93. The number of para-hydroxylation sites is 1. The van der Waals surface area contributed by atoms with Crippen LogP contribution in [0.25, 0.3) is 0 Å². The smallest absolute Gasteiger partial charge is 0.231 e. The second-order valence-corrected chi connectivity index (χ2v) is 8.60. The number of benzene rings is 3. The van der Waals surface area contributed by atoms with Crippen molar-refractivity contribution in [1.82, 2.24) is 4.90 Å². The highest BCUT2D eigenvalue weighted by Gasteiger charge is 2.26. The van der Waals surface area contributed by atoms with Gasteiger partial charge in [-0.05, 0) is 47.9 Å². The zero-order valence-corrected chi connectivity index (χ0v) is 18.2. The van der Waals surface area contributed by atoms with E-state index in [0.29, 0.717) is 13.0 Å². The largest absolute Gasteiger partial charge is 0.492 e. The minimum Gasteiger partial charge on any atom is -0.492 e. The zero-order chi connectivity index (χ0) is 21.8. The van der Waals surface area contributed by atoms with Crippen LogP contribution in [-0.2, 0) is 17.8 Å². The summed E-state index contributed by atoms with van der Waals surface area (Å²) in [5.41, 5.74) is 4.51. The number of amides is 1. The van der Waals surface area contributed by atoms with E-state index in [-0.39, 0.29) is 11.8 Å². The summed E-state index contributed by atoms with van der Waals surface area (Å²) in [6.45, 7) is 5.56. The average Bonchev–Trinajstić information content (AvgIpc) is 2.85. The molecule has 2 aliphatic rings. The standard InChI is InChI=1S/C27H29N3O2/c31-27(23-18-22-8-4-5-9-26(22)32-20-23)28-24-10-12-25(13-11-24)30-16-14-29(15-17-30)19-21-6-2-1-3-7-21/h1-13,23H,14-20H2,(H,28,31)/t23-/m1/s1. The lowest BCUT2D eigenvalue weighted by Crippen LogP contribution is -2.45. The topological polar surface area (TPSA) is 44.8 Å². The molecule has 3 aromatic rings. The van der Waals surface area contributed by atoms with E-state index in [9.17, 15) is 4.79 Å². The lowest BCUT2D eigenvalue weighted by Gasteiger charge is -2.36.